The maximum atomic E-state index is 4.45. The molecule has 1 aliphatic rings. The molecule has 0 amide bonds. The summed E-state index contributed by atoms with van der Waals surface area (Å²) in [6.07, 6.45) is 0. The van der Waals surface area contributed by atoms with Gasteiger partial charge in [0, 0.05) is 17.9 Å². The van der Waals surface area contributed by atoms with E-state index in [1.54, 1.807) is 0 Å². The molecule has 0 radical (unpaired) electrons. The number of para-hydroxylation sites is 1. The fraction of sp³-hybridized carbons (Fsp3) is 0.375. The van der Waals surface area contributed by atoms with Gasteiger partial charge in [-0.25, -0.2) is 0 Å². The van der Waals surface area contributed by atoms with Crippen molar-refractivity contribution in [1.29, 1.82) is 0 Å². The van der Waals surface area contributed by atoms with Crippen LogP contribution in [0.15, 0.2) is 59.9 Å². The van der Waals surface area contributed by atoms with Crippen LogP contribution < -0.4 is 4.90 Å². The normalized spacial score (nSPS) is 14.1. The zero-order valence-corrected chi connectivity index (χ0v) is 19.9. The van der Waals surface area contributed by atoms with Crippen molar-refractivity contribution in [3.8, 4) is 0 Å². The van der Waals surface area contributed by atoms with E-state index >= 15 is 0 Å². The maximum absolute atomic E-state index is 4.45. The fourth-order valence-electron chi connectivity index (χ4n) is 3.65. The molecule has 0 aliphatic carbocycles. The number of hydrogen-bond acceptors (Lipinski definition) is 2. The van der Waals surface area contributed by atoms with Gasteiger partial charge in [0.25, 0.3) is 0 Å². The Balaban J connectivity index is 0.00000136. The van der Waals surface area contributed by atoms with Gasteiger partial charge in [0.05, 0.1) is 0 Å². The van der Waals surface area contributed by atoms with Crippen LogP contribution in [0.25, 0.3) is 0 Å². The predicted molar refractivity (Wildman–Crippen MR) is 118 cm³/mol. The van der Waals surface area contributed by atoms with Gasteiger partial charge in [-0.2, -0.15) is 6.67 Å². The summed E-state index contributed by atoms with van der Waals surface area (Å²) < 4.78 is 0. The van der Waals surface area contributed by atoms with Crippen molar-refractivity contribution in [3.05, 3.63) is 83.3 Å². The molecule has 0 saturated carbocycles. The molecule has 0 unspecified atom stereocenters. The Morgan fingerprint density at radius 2 is 1.36 bits per heavy atom. The molecule has 156 valence electrons. The van der Waals surface area contributed by atoms with Gasteiger partial charge in [-0.05, 0) is 48.1 Å². The Bertz CT molecular complexity index is 773. The van der Waals surface area contributed by atoms with Gasteiger partial charge in [-0.3, -0.25) is 0 Å². The number of benzene rings is 2. The molecular formula is C24H31AgClN2-. The van der Waals surface area contributed by atoms with E-state index in [1.165, 1.54) is 33.8 Å². The molecule has 3 rings (SSSR count). The molecule has 0 atom stereocenters. The molecule has 0 bridgehead atoms. The van der Waals surface area contributed by atoms with Crippen LogP contribution in [0, 0.1) is 6.67 Å². The van der Waals surface area contributed by atoms with Gasteiger partial charge >= 0.3 is 29.2 Å². The van der Waals surface area contributed by atoms with Crippen molar-refractivity contribution >= 4 is 14.9 Å². The van der Waals surface area contributed by atoms with Crippen LogP contribution in [0.5, 0.6) is 0 Å². The first-order valence-electron chi connectivity index (χ1n) is 9.76. The van der Waals surface area contributed by atoms with Gasteiger partial charge in [-0.15, -0.1) is 0 Å². The van der Waals surface area contributed by atoms with Gasteiger partial charge in [-0.1, -0.05) is 76.2 Å². The Hall–Kier alpha value is -1.19. The van der Waals surface area contributed by atoms with Crippen molar-refractivity contribution in [1.82, 2.24) is 4.90 Å². The van der Waals surface area contributed by atoms with Crippen molar-refractivity contribution in [2.45, 2.75) is 59.9 Å². The molecule has 4 heteroatoms. The topological polar surface area (TPSA) is 6.48 Å². The molecule has 0 aromatic heterocycles. The zero-order valence-electron chi connectivity index (χ0n) is 17.6. The average molecular weight is 491 g/mol. The van der Waals surface area contributed by atoms with Crippen LogP contribution in [-0.4, -0.2) is 4.90 Å². The van der Waals surface area contributed by atoms with Crippen LogP contribution >= 0.6 is 9.19 Å². The van der Waals surface area contributed by atoms with Crippen LogP contribution in [0.3, 0.4) is 0 Å². The Morgan fingerprint density at radius 3 is 1.86 bits per heavy atom. The Morgan fingerprint density at radius 1 is 0.821 bits per heavy atom. The number of nitrogens with zero attached hydrogens (tertiary/aromatic N) is 2. The average Bonchev–Trinajstić information content (AvgIpc) is 2.98. The number of allylic oxidation sites excluding steroid dienone is 2. The van der Waals surface area contributed by atoms with Gasteiger partial charge < -0.3 is 9.80 Å². The zero-order chi connectivity index (χ0) is 20.8. The van der Waals surface area contributed by atoms with Crippen molar-refractivity contribution in [2.75, 3.05) is 4.90 Å². The summed E-state index contributed by atoms with van der Waals surface area (Å²) in [5.74, 6) is 0.988. The van der Waals surface area contributed by atoms with E-state index < -0.39 is 0 Å². The molecule has 0 fully saturated rings. The van der Waals surface area contributed by atoms with Gasteiger partial charge in [0.15, 0.2) is 0 Å². The second-order valence-corrected chi connectivity index (χ2v) is 7.86. The summed E-state index contributed by atoms with van der Waals surface area (Å²) in [6.45, 7) is 16.8. The van der Waals surface area contributed by atoms with E-state index in [0.29, 0.717) is 11.8 Å². The third-order valence-electron chi connectivity index (χ3n) is 5.35. The van der Waals surface area contributed by atoms with Crippen molar-refractivity contribution in [2.24, 2.45) is 0 Å². The van der Waals surface area contributed by atoms with E-state index in [2.05, 4.69) is 136 Å². The molecule has 2 nitrogen and oxygen atoms in total. The third-order valence-corrected chi connectivity index (χ3v) is 5.35. The molecule has 2 aromatic carbocycles. The first-order valence-corrected chi connectivity index (χ1v) is 11.7. The summed E-state index contributed by atoms with van der Waals surface area (Å²) in [5, 5.41) is 0. The molecule has 0 spiro atoms. The van der Waals surface area contributed by atoms with Gasteiger partial charge in [0.1, 0.15) is 0 Å². The molecule has 0 N–H and O–H groups in total. The number of hydrogen-bond donors (Lipinski definition) is 0. The van der Waals surface area contributed by atoms with Crippen LogP contribution in [0.2, 0.25) is 0 Å². The minimum absolute atomic E-state index is 0.494. The monoisotopic (exact) mass is 489 g/mol. The summed E-state index contributed by atoms with van der Waals surface area (Å²) in [6, 6.07) is 17.5. The molecule has 1 aliphatic heterocycles. The van der Waals surface area contributed by atoms with E-state index in [0.717, 1.165) is 6.54 Å². The quantitative estimate of drug-likeness (QED) is 0.320. The summed E-state index contributed by atoms with van der Waals surface area (Å²) >= 11 is 2.42. The minimum atomic E-state index is 0.494. The van der Waals surface area contributed by atoms with Crippen molar-refractivity contribution < 1.29 is 20.0 Å². The second-order valence-electron chi connectivity index (χ2n) is 7.86. The van der Waals surface area contributed by atoms with Crippen LogP contribution in [0.1, 0.15) is 70.1 Å². The molecular weight excluding hydrogens is 460 g/mol. The Kier molecular flexibility index (Phi) is 8.70. The molecule has 28 heavy (non-hydrogen) atoms. The van der Waals surface area contributed by atoms with E-state index in [9.17, 15) is 0 Å². The molecule has 0 saturated heterocycles. The summed E-state index contributed by atoms with van der Waals surface area (Å²) in [7, 11) is 4.45. The van der Waals surface area contributed by atoms with Crippen molar-refractivity contribution in [3.63, 3.8) is 0 Å². The SMILES string of the molecule is CC1=C(C)N(c2c(C(C)C)cccc2C(C)C)[CH-]N1Cc1ccccc1.[Cl][Ag]. The first-order chi connectivity index (χ1) is 13.4. The number of rotatable bonds is 5. The summed E-state index contributed by atoms with van der Waals surface area (Å²) in [4.78, 5) is 4.77. The fourth-order valence-corrected chi connectivity index (χ4v) is 3.65. The van der Waals surface area contributed by atoms with Crippen LogP contribution in [0.4, 0.5) is 5.69 Å². The van der Waals surface area contributed by atoms with E-state index in [-0.39, 0.29) is 0 Å². The summed E-state index contributed by atoms with van der Waals surface area (Å²) in [5.41, 5.74) is 8.17. The molecule has 1 heterocycles. The second kappa shape index (κ2) is 10.5. The number of halogens is 1. The first kappa shape index (κ1) is 23.1. The predicted octanol–water partition coefficient (Wildman–Crippen LogP) is 7.31. The standard InChI is InChI=1S/C24H31N2.Ag.ClH/c1-17(2)22-13-10-14-23(18(3)4)24(22)26-16-25(19(5)20(26)6)15-21-11-8-7-9-12-21;;/h7-14,16-18H,15H2,1-6H3;;1H/q-1;+1;/p-1. The van der Waals surface area contributed by atoms with Crippen LogP contribution in [-0.2, 0) is 26.5 Å². The van der Waals surface area contributed by atoms with Gasteiger partial charge in [0.2, 0.25) is 0 Å². The molecule has 2 aromatic rings. The van der Waals surface area contributed by atoms with E-state index in [4.69, 9.17) is 0 Å². The van der Waals surface area contributed by atoms with E-state index in [1.807, 2.05) is 0 Å². The third kappa shape index (κ3) is 5.04. The Labute approximate surface area is 187 Å². The number of anilines is 1.